The van der Waals surface area contributed by atoms with E-state index in [1.807, 2.05) is 0 Å². The Balaban J connectivity index is 2.06. The van der Waals surface area contributed by atoms with E-state index in [4.69, 9.17) is 4.74 Å². The summed E-state index contributed by atoms with van der Waals surface area (Å²) in [6, 6.07) is 9.50. The van der Waals surface area contributed by atoms with E-state index in [0.29, 0.717) is 11.6 Å². The van der Waals surface area contributed by atoms with Crippen molar-refractivity contribution in [1.82, 2.24) is 4.98 Å². The van der Waals surface area contributed by atoms with Crippen LogP contribution in [0.5, 0.6) is 5.75 Å². The van der Waals surface area contributed by atoms with Crippen molar-refractivity contribution in [2.24, 2.45) is 4.99 Å². The van der Waals surface area contributed by atoms with Gasteiger partial charge in [0, 0.05) is 28.7 Å². The average molecular weight is 450 g/mol. The fourth-order valence-electron chi connectivity index (χ4n) is 3.69. The predicted molar refractivity (Wildman–Crippen MR) is 114 cm³/mol. The summed E-state index contributed by atoms with van der Waals surface area (Å²) in [5, 5.41) is 11.3. The molecule has 0 bridgehead atoms. The molecule has 32 heavy (non-hydrogen) atoms. The third kappa shape index (κ3) is 4.52. The van der Waals surface area contributed by atoms with Gasteiger partial charge in [0.15, 0.2) is 5.60 Å². The highest BCUT2D eigenvalue weighted by molar-refractivity contribution is 5.93. The number of aromatic nitrogens is 1. The number of aliphatic hydroxyl groups is 1. The Morgan fingerprint density at radius 2 is 1.84 bits per heavy atom. The number of rotatable bonds is 6. The summed E-state index contributed by atoms with van der Waals surface area (Å²) in [4.78, 5) is 18.3. The van der Waals surface area contributed by atoms with Crippen molar-refractivity contribution in [2.45, 2.75) is 37.5 Å². The third-order valence-corrected chi connectivity index (χ3v) is 5.30. The van der Waals surface area contributed by atoms with E-state index in [1.54, 1.807) is 0 Å². The average Bonchev–Trinajstić information content (AvgIpc) is 2.71. The van der Waals surface area contributed by atoms with Gasteiger partial charge in [0.25, 0.3) is 5.56 Å². The van der Waals surface area contributed by atoms with Crippen LogP contribution in [0.2, 0.25) is 0 Å². The number of alkyl halides is 3. The van der Waals surface area contributed by atoms with Crippen LogP contribution in [0.1, 0.15) is 25.8 Å². The van der Waals surface area contributed by atoms with Gasteiger partial charge < -0.3 is 14.8 Å². The molecule has 1 aromatic heterocycles. The van der Waals surface area contributed by atoms with Crippen LogP contribution in [0, 0.1) is 5.82 Å². The van der Waals surface area contributed by atoms with Crippen LogP contribution >= 0.6 is 0 Å². The first-order chi connectivity index (χ1) is 14.9. The number of nitrogens with one attached hydrogen (secondary N) is 1. The number of ether oxygens (including phenoxy) is 1. The van der Waals surface area contributed by atoms with Crippen molar-refractivity contribution in [2.75, 3.05) is 7.11 Å². The first-order valence-corrected chi connectivity index (χ1v) is 9.67. The first-order valence-electron chi connectivity index (χ1n) is 9.67. The summed E-state index contributed by atoms with van der Waals surface area (Å²) in [6.45, 7) is 2.90. The Morgan fingerprint density at radius 1 is 1.12 bits per heavy atom. The highest BCUT2D eigenvalue weighted by Gasteiger charge is 2.55. The third-order valence-electron chi connectivity index (χ3n) is 5.30. The second kappa shape index (κ2) is 8.38. The zero-order valence-corrected chi connectivity index (χ0v) is 17.6. The molecule has 0 amide bonds. The van der Waals surface area contributed by atoms with E-state index < -0.39 is 35.0 Å². The second-order valence-corrected chi connectivity index (χ2v) is 8.13. The molecule has 0 aliphatic rings. The topological polar surface area (TPSA) is 74.7 Å². The van der Waals surface area contributed by atoms with E-state index >= 15 is 0 Å². The van der Waals surface area contributed by atoms with Crippen LogP contribution in [-0.2, 0) is 5.41 Å². The summed E-state index contributed by atoms with van der Waals surface area (Å²) < 4.78 is 61.0. The highest BCUT2D eigenvalue weighted by Crippen LogP contribution is 2.43. The molecule has 3 rings (SSSR count). The molecule has 9 heteroatoms. The number of halogens is 4. The number of hydrogen-bond donors (Lipinski definition) is 2. The maximum Gasteiger partial charge on any atom is 0.422 e. The van der Waals surface area contributed by atoms with Gasteiger partial charge in [-0.1, -0.05) is 19.9 Å². The fourth-order valence-corrected chi connectivity index (χ4v) is 3.69. The number of fused-ring (bicyclic) bond motifs is 1. The number of pyridine rings is 1. The Bertz CT molecular complexity index is 1220. The van der Waals surface area contributed by atoms with E-state index in [0.717, 1.165) is 12.1 Å². The maximum atomic E-state index is 14.0. The van der Waals surface area contributed by atoms with Gasteiger partial charge >= 0.3 is 6.18 Å². The van der Waals surface area contributed by atoms with Crippen LogP contribution in [0.4, 0.5) is 23.2 Å². The molecule has 5 nitrogen and oxygen atoms in total. The van der Waals surface area contributed by atoms with Crippen LogP contribution < -0.4 is 10.3 Å². The Labute approximate surface area is 181 Å². The lowest BCUT2D eigenvalue weighted by Gasteiger charge is -2.36. The molecule has 1 heterocycles. The molecule has 0 saturated carbocycles. The molecule has 0 fully saturated rings. The maximum absolute atomic E-state index is 14.0. The van der Waals surface area contributed by atoms with Gasteiger partial charge in [0.05, 0.1) is 12.8 Å². The van der Waals surface area contributed by atoms with Gasteiger partial charge in [-0.15, -0.1) is 0 Å². The number of aromatic amines is 1. The monoisotopic (exact) mass is 450 g/mol. The molecule has 170 valence electrons. The summed E-state index contributed by atoms with van der Waals surface area (Å²) in [6.07, 6.45) is -4.13. The standard InChI is InChI=1S/C23H22F4N2O3/c1-21(2,17-11-14(24)7-8-19(17)32-3)12-22(31,23(25,26)27)13-29-18-6-4-5-16-15(18)9-10-28-20(16)30/h4-11,13,31H,12H2,1-3H3,(H,28,30). The van der Waals surface area contributed by atoms with Crippen molar-refractivity contribution >= 4 is 22.7 Å². The second-order valence-electron chi connectivity index (χ2n) is 8.13. The lowest BCUT2D eigenvalue weighted by molar-refractivity contribution is -0.234. The normalized spacial score (nSPS) is 14.6. The summed E-state index contributed by atoms with van der Waals surface area (Å²) in [5.41, 5.74) is -4.83. The van der Waals surface area contributed by atoms with E-state index in [-0.39, 0.29) is 22.4 Å². The SMILES string of the molecule is COc1ccc(F)cc1C(C)(C)CC(O)(C=Nc1cccc2c(=O)[nH]ccc12)C(F)(F)F. The quantitative estimate of drug-likeness (QED) is 0.408. The van der Waals surface area contributed by atoms with Crippen molar-refractivity contribution in [3.8, 4) is 5.75 Å². The van der Waals surface area contributed by atoms with Crippen LogP contribution in [0.15, 0.2) is 58.4 Å². The number of benzene rings is 2. The number of nitrogens with zero attached hydrogens (tertiary/aromatic N) is 1. The molecule has 2 aromatic carbocycles. The molecule has 0 aliphatic carbocycles. The molecule has 3 aromatic rings. The molecule has 0 radical (unpaired) electrons. The van der Waals surface area contributed by atoms with E-state index in [1.165, 1.54) is 57.5 Å². The van der Waals surface area contributed by atoms with E-state index in [9.17, 15) is 27.5 Å². The van der Waals surface area contributed by atoms with Crippen molar-refractivity contribution in [3.05, 3.63) is 70.4 Å². The van der Waals surface area contributed by atoms with Gasteiger partial charge in [-0.25, -0.2) is 4.39 Å². The minimum atomic E-state index is -5.07. The van der Waals surface area contributed by atoms with Crippen molar-refractivity contribution in [1.29, 1.82) is 0 Å². The minimum Gasteiger partial charge on any atom is -0.496 e. The Morgan fingerprint density at radius 3 is 2.50 bits per heavy atom. The minimum absolute atomic E-state index is 0.0948. The van der Waals surface area contributed by atoms with Crippen LogP contribution in [0.3, 0.4) is 0 Å². The summed E-state index contributed by atoms with van der Waals surface area (Å²) >= 11 is 0. The summed E-state index contributed by atoms with van der Waals surface area (Å²) in [7, 11) is 1.33. The van der Waals surface area contributed by atoms with Gasteiger partial charge in [-0.2, -0.15) is 13.2 Å². The lowest BCUT2D eigenvalue weighted by atomic mass is 9.74. The van der Waals surface area contributed by atoms with Crippen molar-refractivity contribution < 1.29 is 27.4 Å². The lowest BCUT2D eigenvalue weighted by Crippen LogP contribution is -2.50. The smallest absolute Gasteiger partial charge is 0.422 e. The molecule has 1 unspecified atom stereocenters. The fraction of sp³-hybridized carbons (Fsp3) is 0.304. The molecule has 1 atom stereocenters. The first kappa shape index (κ1) is 23.5. The number of H-pyrrole nitrogens is 1. The van der Waals surface area contributed by atoms with Gasteiger partial charge in [0.2, 0.25) is 0 Å². The van der Waals surface area contributed by atoms with Crippen LogP contribution in [0.25, 0.3) is 10.8 Å². The van der Waals surface area contributed by atoms with Crippen molar-refractivity contribution in [3.63, 3.8) is 0 Å². The molecule has 2 N–H and O–H groups in total. The number of hydrogen-bond acceptors (Lipinski definition) is 4. The zero-order valence-electron chi connectivity index (χ0n) is 17.6. The summed E-state index contributed by atoms with van der Waals surface area (Å²) in [5.74, 6) is -0.440. The Hall–Kier alpha value is -3.20. The molecular weight excluding hydrogens is 428 g/mol. The Kier molecular flexibility index (Phi) is 6.15. The van der Waals surface area contributed by atoms with Gasteiger partial charge in [-0.05, 0) is 48.2 Å². The largest absolute Gasteiger partial charge is 0.496 e. The zero-order chi connectivity index (χ0) is 23.7. The van der Waals surface area contributed by atoms with Gasteiger partial charge in [0.1, 0.15) is 11.6 Å². The molecule has 0 spiro atoms. The van der Waals surface area contributed by atoms with E-state index in [2.05, 4.69) is 9.98 Å². The van der Waals surface area contributed by atoms with Gasteiger partial charge in [-0.3, -0.25) is 9.79 Å². The highest BCUT2D eigenvalue weighted by atomic mass is 19.4. The molecular formula is C23H22F4N2O3. The number of aliphatic imine (C=N–C) groups is 1. The predicted octanol–water partition coefficient (Wildman–Crippen LogP) is 5.04. The van der Waals surface area contributed by atoms with Crippen LogP contribution in [-0.4, -0.2) is 35.2 Å². The molecule has 0 saturated heterocycles. The number of methoxy groups -OCH3 is 1. The molecule has 0 aliphatic heterocycles.